The Morgan fingerprint density at radius 3 is 2.53 bits per heavy atom. The van der Waals surface area contributed by atoms with Crippen LogP contribution in [0.2, 0.25) is 0 Å². The number of nitrogens with zero attached hydrogens (tertiary/aromatic N) is 4. The third-order valence-corrected chi connectivity index (χ3v) is 6.82. The first-order valence-electron chi connectivity index (χ1n) is 11.6. The van der Waals surface area contributed by atoms with Gasteiger partial charge in [0.2, 0.25) is 0 Å². The normalized spacial score (nSPS) is 15.6. The second-order valence-electron chi connectivity index (χ2n) is 9.07. The van der Waals surface area contributed by atoms with Crippen LogP contribution < -0.4 is 5.73 Å². The van der Waals surface area contributed by atoms with Crippen molar-refractivity contribution in [3.05, 3.63) is 89.0 Å². The number of ether oxygens (including phenoxy) is 1. The van der Waals surface area contributed by atoms with Crippen molar-refractivity contribution in [2.24, 2.45) is 11.1 Å². The van der Waals surface area contributed by atoms with E-state index < -0.39 is 5.41 Å². The summed E-state index contributed by atoms with van der Waals surface area (Å²) in [5.41, 5.74) is 10.4. The van der Waals surface area contributed by atoms with Gasteiger partial charge in [0.25, 0.3) is 0 Å². The van der Waals surface area contributed by atoms with E-state index in [0.29, 0.717) is 25.1 Å². The van der Waals surface area contributed by atoms with Gasteiger partial charge in [0.05, 0.1) is 36.2 Å². The second kappa shape index (κ2) is 10.6. The Hall–Kier alpha value is -3.47. The molecule has 0 bridgehead atoms. The average molecular weight is 458 g/mol. The van der Waals surface area contributed by atoms with Crippen molar-refractivity contribution in [1.29, 1.82) is 5.26 Å². The van der Waals surface area contributed by atoms with Crippen LogP contribution in [0.3, 0.4) is 0 Å². The van der Waals surface area contributed by atoms with E-state index in [1.54, 1.807) is 0 Å². The van der Waals surface area contributed by atoms with E-state index in [9.17, 15) is 4.79 Å². The minimum Gasteiger partial charge on any atom is -0.469 e. The quantitative estimate of drug-likeness (QED) is 0.522. The van der Waals surface area contributed by atoms with E-state index in [1.807, 2.05) is 48.9 Å². The van der Waals surface area contributed by atoms with Gasteiger partial charge in [0, 0.05) is 25.8 Å². The summed E-state index contributed by atoms with van der Waals surface area (Å²) in [4.78, 5) is 19.6. The number of nitriles is 1. The predicted octanol–water partition coefficient (Wildman–Crippen LogP) is 3.26. The van der Waals surface area contributed by atoms with Crippen LogP contribution in [0.25, 0.3) is 0 Å². The molecule has 0 aliphatic carbocycles. The van der Waals surface area contributed by atoms with Gasteiger partial charge in [-0.15, -0.1) is 0 Å². The van der Waals surface area contributed by atoms with Crippen LogP contribution in [0.4, 0.5) is 0 Å². The van der Waals surface area contributed by atoms with Gasteiger partial charge >= 0.3 is 5.97 Å². The van der Waals surface area contributed by atoms with Crippen molar-refractivity contribution >= 4 is 5.97 Å². The highest BCUT2D eigenvalue weighted by Crippen LogP contribution is 2.37. The highest BCUT2D eigenvalue weighted by Gasteiger charge is 2.42. The van der Waals surface area contributed by atoms with Crippen LogP contribution in [0.5, 0.6) is 0 Å². The molecule has 1 aliphatic rings. The molecule has 0 saturated carbocycles. The molecular formula is C27H31N5O2. The fraction of sp³-hybridized carbons (Fsp3) is 0.370. The highest BCUT2D eigenvalue weighted by atomic mass is 16.5. The molecule has 0 radical (unpaired) electrons. The largest absolute Gasteiger partial charge is 0.469 e. The van der Waals surface area contributed by atoms with E-state index in [1.165, 1.54) is 7.11 Å². The van der Waals surface area contributed by atoms with Crippen LogP contribution in [0.15, 0.2) is 61.1 Å². The van der Waals surface area contributed by atoms with Crippen molar-refractivity contribution in [1.82, 2.24) is 14.5 Å². The van der Waals surface area contributed by atoms with Crippen molar-refractivity contribution < 1.29 is 9.53 Å². The monoisotopic (exact) mass is 457 g/mol. The number of esters is 1. The van der Waals surface area contributed by atoms with Gasteiger partial charge in [0.1, 0.15) is 0 Å². The maximum absolute atomic E-state index is 12.9. The fourth-order valence-electron chi connectivity index (χ4n) is 4.80. The molecule has 2 N–H and O–H groups in total. The summed E-state index contributed by atoms with van der Waals surface area (Å²) < 4.78 is 7.39. The molecule has 1 aromatic heterocycles. The molecular weight excluding hydrogens is 426 g/mol. The number of methoxy groups -OCH3 is 1. The van der Waals surface area contributed by atoms with E-state index in [-0.39, 0.29) is 5.97 Å². The Morgan fingerprint density at radius 2 is 1.85 bits per heavy atom. The molecule has 2 heterocycles. The molecule has 34 heavy (non-hydrogen) atoms. The maximum Gasteiger partial charge on any atom is 0.312 e. The van der Waals surface area contributed by atoms with E-state index in [0.717, 1.165) is 54.9 Å². The molecule has 1 fully saturated rings. The smallest absolute Gasteiger partial charge is 0.312 e. The van der Waals surface area contributed by atoms with Crippen molar-refractivity contribution in [3.8, 4) is 6.07 Å². The Morgan fingerprint density at radius 1 is 1.12 bits per heavy atom. The number of imidazole rings is 1. The zero-order chi connectivity index (χ0) is 24.0. The van der Waals surface area contributed by atoms with Crippen LogP contribution in [-0.4, -0.2) is 40.6 Å². The molecule has 7 heteroatoms. The molecule has 4 rings (SSSR count). The van der Waals surface area contributed by atoms with Gasteiger partial charge in [-0.3, -0.25) is 9.69 Å². The summed E-state index contributed by atoms with van der Waals surface area (Å²) in [6, 6.07) is 18.0. The minimum absolute atomic E-state index is 0.129. The summed E-state index contributed by atoms with van der Waals surface area (Å²) >= 11 is 0. The summed E-state index contributed by atoms with van der Waals surface area (Å²) in [7, 11) is 1.48. The lowest BCUT2D eigenvalue weighted by Crippen LogP contribution is -2.46. The van der Waals surface area contributed by atoms with Crippen molar-refractivity contribution in [2.45, 2.75) is 38.9 Å². The lowest BCUT2D eigenvalue weighted by molar-refractivity contribution is -0.156. The van der Waals surface area contributed by atoms with Gasteiger partial charge in [0.15, 0.2) is 0 Å². The topological polar surface area (TPSA) is 97.2 Å². The minimum atomic E-state index is -0.513. The number of benzene rings is 2. The Bertz CT molecular complexity index is 1150. The highest BCUT2D eigenvalue weighted by molar-refractivity contribution is 5.77. The lowest BCUT2D eigenvalue weighted by atomic mass is 9.73. The van der Waals surface area contributed by atoms with Gasteiger partial charge in [-0.1, -0.05) is 36.4 Å². The van der Waals surface area contributed by atoms with Crippen molar-refractivity contribution in [3.63, 3.8) is 0 Å². The van der Waals surface area contributed by atoms with Crippen LogP contribution >= 0.6 is 0 Å². The summed E-state index contributed by atoms with van der Waals surface area (Å²) in [6.07, 6.45) is 5.91. The summed E-state index contributed by atoms with van der Waals surface area (Å²) in [5.74, 6) is -0.129. The van der Waals surface area contributed by atoms with Crippen LogP contribution in [0, 0.1) is 16.7 Å². The molecule has 0 spiro atoms. The molecule has 7 nitrogen and oxygen atoms in total. The van der Waals surface area contributed by atoms with Gasteiger partial charge < -0.3 is 15.0 Å². The number of likely N-dealkylation sites (tertiary alicyclic amines) is 1. The van der Waals surface area contributed by atoms with Gasteiger partial charge in [-0.2, -0.15) is 5.26 Å². The van der Waals surface area contributed by atoms with Crippen molar-refractivity contribution in [2.75, 3.05) is 20.2 Å². The van der Waals surface area contributed by atoms with E-state index >= 15 is 0 Å². The molecule has 1 aliphatic heterocycles. The molecule has 176 valence electrons. The molecule has 0 atom stereocenters. The zero-order valence-electron chi connectivity index (χ0n) is 19.6. The zero-order valence-corrected chi connectivity index (χ0v) is 19.6. The van der Waals surface area contributed by atoms with Crippen LogP contribution in [0.1, 0.15) is 40.8 Å². The number of carbonyl (C=O) groups is 1. The third kappa shape index (κ3) is 5.36. The number of hydrogen-bond donors (Lipinski definition) is 1. The molecule has 1 saturated heterocycles. The number of carbonyl (C=O) groups excluding carboxylic acids is 1. The Balaban J connectivity index is 1.41. The van der Waals surface area contributed by atoms with E-state index in [4.69, 9.17) is 15.7 Å². The number of rotatable bonds is 8. The SMILES string of the molecule is COC(=O)C1(Cc2cccc(CN)c2)CCN(Cc2cncn2Cc2ccc(C#N)cc2)CC1. The number of piperidine rings is 1. The van der Waals surface area contributed by atoms with E-state index in [2.05, 4.69) is 32.7 Å². The molecule has 2 aromatic carbocycles. The maximum atomic E-state index is 12.9. The third-order valence-electron chi connectivity index (χ3n) is 6.82. The Labute approximate surface area is 200 Å². The lowest BCUT2D eigenvalue weighted by Gasteiger charge is -2.40. The predicted molar refractivity (Wildman–Crippen MR) is 129 cm³/mol. The second-order valence-corrected chi connectivity index (χ2v) is 9.07. The molecule has 3 aromatic rings. The fourth-order valence-corrected chi connectivity index (χ4v) is 4.80. The number of aromatic nitrogens is 2. The first-order valence-corrected chi connectivity index (χ1v) is 11.6. The Kier molecular flexibility index (Phi) is 7.41. The number of hydrogen-bond acceptors (Lipinski definition) is 6. The van der Waals surface area contributed by atoms with Gasteiger partial charge in [-0.05, 0) is 61.2 Å². The summed E-state index contributed by atoms with van der Waals surface area (Å²) in [6.45, 7) is 3.60. The average Bonchev–Trinajstić information content (AvgIpc) is 3.31. The first kappa shape index (κ1) is 23.7. The standard InChI is InChI=1S/C27H31N5O2/c1-34-26(33)27(14-23-3-2-4-24(13-23)16-29)9-11-31(12-10-27)19-25-17-30-20-32(25)18-22-7-5-21(15-28)6-8-22/h2-8,13,17,20H,9-12,14,16,18-19,29H2,1H3. The molecule has 0 unspecified atom stereocenters. The first-order chi connectivity index (χ1) is 16.5. The van der Waals surface area contributed by atoms with Gasteiger partial charge in [-0.25, -0.2) is 4.98 Å². The molecule has 0 amide bonds. The number of nitrogens with two attached hydrogens (primary N) is 1. The van der Waals surface area contributed by atoms with Crippen LogP contribution in [-0.2, 0) is 35.6 Å². The summed E-state index contributed by atoms with van der Waals surface area (Å²) in [5, 5.41) is 9.00.